The van der Waals surface area contributed by atoms with E-state index in [4.69, 9.17) is 10.5 Å². The van der Waals surface area contributed by atoms with Crippen LogP contribution >= 0.6 is 0 Å². The van der Waals surface area contributed by atoms with Gasteiger partial charge >= 0.3 is 0 Å². The monoisotopic (exact) mass is 242 g/mol. The average molecular weight is 242 g/mol. The molecule has 1 unspecified atom stereocenters. The van der Waals surface area contributed by atoms with Gasteiger partial charge in [-0.05, 0) is 25.2 Å². The van der Waals surface area contributed by atoms with E-state index < -0.39 is 0 Å². The highest BCUT2D eigenvalue weighted by Crippen LogP contribution is 2.17. The highest BCUT2D eigenvalue weighted by atomic mass is 16.5. The third kappa shape index (κ3) is 4.64. The minimum absolute atomic E-state index is 0.124. The first-order chi connectivity index (χ1) is 8.19. The van der Waals surface area contributed by atoms with Crippen molar-refractivity contribution in [3.05, 3.63) is 0 Å². The number of hydrogen-bond acceptors (Lipinski definition) is 3. The molecule has 1 fully saturated rings. The Balaban J connectivity index is 2.39. The number of amides is 1. The molecule has 4 heteroatoms. The molecule has 1 amide bonds. The van der Waals surface area contributed by atoms with Crippen molar-refractivity contribution in [1.82, 2.24) is 4.90 Å². The van der Waals surface area contributed by atoms with Crippen LogP contribution < -0.4 is 5.73 Å². The molecule has 1 saturated heterocycles. The average Bonchev–Trinajstić information content (AvgIpc) is 2.35. The van der Waals surface area contributed by atoms with Crippen LogP contribution in [0.2, 0.25) is 0 Å². The predicted molar refractivity (Wildman–Crippen MR) is 68.7 cm³/mol. The lowest BCUT2D eigenvalue weighted by Gasteiger charge is -2.34. The molecule has 0 aromatic rings. The molecule has 1 rings (SSSR count). The van der Waals surface area contributed by atoms with Crippen molar-refractivity contribution in [2.45, 2.75) is 45.1 Å². The molecule has 17 heavy (non-hydrogen) atoms. The van der Waals surface area contributed by atoms with E-state index in [-0.39, 0.29) is 11.9 Å². The molecule has 0 aromatic heterocycles. The summed E-state index contributed by atoms with van der Waals surface area (Å²) in [6, 6.07) is -0.309. The normalized spacial score (nSPS) is 22.5. The molecule has 0 aliphatic carbocycles. The van der Waals surface area contributed by atoms with Gasteiger partial charge in [0.2, 0.25) is 5.91 Å². The molecule has 0 saturated carbocycles. The number of hydrogen-bond donors (Lipinski definition) is 1. The van der Waals surface area contributed by atoms with Gasteiger partial charge in [-0.2, -0.15) is 0 Å². The molecule has 0 radical (unpaired) electrons. The quantitative estimate of drug-likeness (QED) is 0.765. The number of piperidine rings is 1. The Hall–Kier alpha value is -0.610. The van der Waals surface area contributed by atoms with Crippen molar-refractivity contribution in [3.63, 3.8) is 0 Å². The zero-order valence-electron chi connectivity index (χ0n) is 11.2. The summed E-state index contributed by atoms with van der Waals surface area (Å²) in [5, 5.41) is 0. The number of carbonyl (C=O) groups excluding carboxylic acids is 1. The highest BCUT2D eigenvalue weighted by Gasteiger charge is 2.26. The first-order valence-electron chi connectivity index (χ1n) is 6.72. The standard InChI is InChI=1S/C13H26N2O2/c1-3-4-7-12(14)13(16)15-8-5-6-11(9-15)10-17-2/h11-12H,3-10,14H2,1-2H3/t11?,12-/m0/s1. The largest absolute Gasteiger partial charge is 0.384 e. The van der Waals surface area contributed by atoms with Crippen LogP contribution in [0.15, 0.2) is 0 Å². The van der Waals surface area contributed by atoms with E-state index in [9.17, 15) is 4.79 Å². The Kier molecular flexibility index (Phi) is 6.52. The Morgan fingerprint density at radius 2 is 2.35 bits per heavy atom. The fourth-order valence-electron chi connectivity index (χ4n) is 2.42. The number of rotatable bonds is 6. The zero-order chi connectivity index (χ0) is 12.7. The predicted octanol–water partition coefficient (Wildman–Crippen LogP) is 1.39. The van der Waals surface area contributed by atoms with Gasteiger partial charge in [-0.3, -0.25) is 4.79 Å². The van der Waals surface area contributed by atoms with E-state index in [0.29, 0.717) is 5.92 Å². The number of carbonyl (C=O) groups is 1. The molecule has 0 aromatic carbocycles. The molecular weight excluding hydrogens is 216 g/mol. The van der Waals surface area contributed by atoms with Crippen LogP contribution in [0.5, 0.6) is 0 Å². The third-order valence-corrected chi connectivity index (χ3v) is 3.42. The zero-order valence-corrected chi connectivity index (χ0v) is 11.2. The summed E-state index contributed by atoms with van der Waals surface area (Å²) in [7, 11) is 1.72. The second-order valence-corrected chi connectivity index (χ2v) is 5.00. The lowest BCUT2D eigenvalue weighted by Crippen LogP contribution is -2.48. The van der Waals surface area contributed by atoms with Crippen LogP contribution in [0.3, 0.4) is 0 Å². The topological polar surface area (TPSA) is 55.6 Å². The Morgan fingerprint density at radius 1 is 1.59 bits per heavy atom. The number of ether oxygens (including phenoxy) is 1. The summed E-state index contributed by atoms with van der Waals surface area (Å²) in [5.74, 6) is 0.607. The first kappa shape index (κ1) is 14.5. The molecule has 2 atom stereocenters. The van der Waals surface area contributed by atoms with Crippen molar-refractivity contribution >= 4 is 5.91 Å². The van der Waals surface area contributed by atoms with Gasteiger partial charge in [-0.25, -0.2) is 0 Å². The highest BCUT2D eigenvalue weighted by molar-refractivity contribution is 5.81. The smallest absolute Gasteiger partial charge is 0.239 e. The van der Waals surface area contributed by atoms with E-state index >= 15 is 0 Å². The molecule has 100 valence electrons. The van der Waals surface area contributed by atoms with Gasteiger partial charge in [0.15, 0.2) is 0 Å². The number of unbranched alkanes of at least 4 members (excludes halogenated alkanes) is 1. The van der Waals surface area contributed by atoms with E-state index in [1.807, 2.05) is 4.90 Å². The van der Waals surface area contributed by atoms with E-state index in [0.717, 1.165) is 51.8 Å². The Bertz CT molecular complexity index is 231. The van der Waals surface area contributed by atoms with Crippen molar-refractivity contribution in [1.29, 1.82) is 0 Å². The summed E-state index contributed by atoms with van der Waals surface area (Å²) >= 11 is 0. The second-order valence-electron chi connectivity index (χ2n) is 5.00. The maximum absolute atomic E-state index is 12.1. The maximum atomic E-state index is 12.1. The first-order valence-corrected chi connectivity index (χ1v) is 6.72. The third-order valence-electron chi connectivity index (χ3n) is 3.42. The number of likely N-dealkylation sites (tertiary alicyclic amines) is 1. The summed E-state index contributed by atoms with van der Waals surface area (Å²) < 4.78 is 5.17. The van der Waals surface area contributed by atoms with Crippen molar-refractivity contribution in [3.8, 4) is 0 Å². The van der Waals surface area contributed by atoms with Crippen LogP contribution in [-0.4, -0.2) is 43.7 Å². The molecule has 2 N–H and O–H groups in total. The minimum atomic E-state index is -0.309. The fraction of sp³-hybridized carbons (Fsp3) is 0.923. The van der Waals surface area contributed by atoms with Gasteiger partial charge in [-0.1, -0.05) is 19.8 Å². The number of methoxy groups -OCH3 is 1. The summed E-state index contributed by atoms with van der Waals surface area (Å²) in [6.45, 7) is 4.53. The van der Waals surface area contributed by atoms with Crippen molar-refractivity contribution in [2.24, 2.45) is 11.7 Å². The molecule has 0 spiro atoms. The van der Waals surface area contributed by atoms with Crippen LogP contribution in [0.1, 0.15) is 39.0 Å². The molecule has 4 nitrogen and oxygen atoms in total. The van der Waals surface area contributed by atoms with Gasteiger partial charge in [0.1, 0.15) is 0 Å². The van der Waals surface area contributed by atoms with Gasteiger partial charge in [-0.15, -0.1) is 0 Å². The summed E-state index contributed by atoms with van der Waals surface area (Å²) in [6.07, 6.45) is 5.15. The molecular formula is C13H26N2O2. The Morgan fingerprint density at radius 3 is 3.00 bits per heavy atom. The minimum Gasteiger partial charge on any atom is -0.384 e. The molecule has 0 bridgehead atoms. The van der Waals surface area contributed by atoms with Crippen LogP contribution in [0, 0.1) is 5.92 Å². The maximum Gasteiger partial charge on any atom is 0.239 e. The van der Waals surface area contributed by atoms with Gasteiger partial charge < -0.3 is 15.4 Å². The number of nitrogens with two attached hydrogens (primary N) is 1. The summed E-state index contributed by atoms with van der Waals surface area (Å²) in [4.78, 5) is 14.0. The van der Waals surface area contributed by atoms with E-state index in [1.54, 1.807) is 7.11 Å². The van der Waals surface area contributed by atoms with Gasteiger partial charge in [0, 0.05) is 20.2 Å². The van der Waals surface area contributed by atoms with Crippen molar-refractivity contribution in [2.75, 3.05) is 26.8 Å². The lowest BCUT2D eigenvalue weighted by molar-refractivity contribution is -0.135. The van der Waals surface area contributed by atoms with E-state index in [1.165, 1.54) is 0 Å². The van der Waals surface area contributed by atoms with E-state index in [2.05, 4.69) is 6.92 Å². The molecule has 1 heterocycles. The molecule has 1 aliphatic rings. The second kappa shape index (κ2) is 7.67. The van der Waals surface area contributed by atoms with Crippen molar-refractivity contribution < 1.29 is 9.53 Å². The fourth-order valence-corrected chi connectivity index (χ4v) is 2.42. The van der Waals surface area contributed by atoms with Crippen LogP contribution in [-0.2, 0) is 9.53 Å². The van der Waals surface area contributed by atoms with Crippen LogP contribution in [0.25, 0.3) is 0 Å². The molecule has 1 aliphatic heterocycles. The summed E-state index contributed by atoms with van der Waals surface area (Å²) in [5.41, 5.74) is 5.93. The number of nitrogens with zero attached hydrogens (tertiary/aromatic N) is 1. The van der Waals surface area contributed by atoms with Gasteiger partial charge in [0.25, 0.3) is 0 Å². The van der Waals surface area contributed by atoms with Gasteiger partial charge in [0.05, 0.1) is 12.6 Å². The SMILES string of the molecule is CCCC[C@H](N)C(=O)N1CCCC(COC)C1. The lowest BCUT2D eigenvalue weighted by atomic mass is 9.98. The van der Waals surface area contributed by atoms with Crippen LogP contribution in [0.4, 0.5) is 0 Å². The Labute approximate surface area is 104 Å².